The number of hydrogen-bond donors (Lipinski definition) is 2. The van der Waals surface area contributed by atoms with Gasteiger partial charge >= 0.3 is 0 Å². The van der Waals surface area contributed by atoms with Gasteiger partial charge in [0.25, 0.3) is 0 Å². The van der Waals surface area contributed by atoms with Gasteiger partial charge < -0.3 is 16.0 Å². The lowest BCUT2D eigenvalue weighted by atomic mass is 9.83. The van der Waals surface area contributed by atoms with Crippen molar-refractivity contribution >= 4 is 11.8 Å². The number of piperidine rings is 1. The van der Waals surface area contributed by atoms with Gasteiger partial charge in [-0.2, -0.15) is 5.26 Å². The van der Waals surface area contributed by atoms with Crippen LogP contribution in [0.1, 0.15) is 46.0 Å². The maximum atomic E-state index is 12.3. The lowest BCUT2D eigenvalue weighted by Gasteiger charge is -2.39. The monoisotopic (exact) mass is 307 g/mol. The Balaban J connectivity index is 2.51. The SMILES string of the molecule is CN(C(=O)[CH]CCC(C)(C)CC(N)=O)C1(C#N)CCNCC1. The first-order chi connectivity index (χ1) is 10.2. The average Bonchev–Trinajstić information content (AvgIpc) is 2.45. The van der Waals surface area contributed by atoms with Gasteiger partial charge in [0.1, 0.15) is 5.54 Å². The van der Waals surface area contributed by atoms with Crippen LogP contribution in [0.3, 0.4) is 0 Å². The van der Waals surface area contributed by atoms with E-state index in [0.29, 0.717) is 32.1 Å². The van der Waals surface area contributed by atoms with Crippen LogP contribution in [0.5, 0.6) is 0 Å². The van der Waals surface area contributed by atoms with Crippen molar-refractivity contribution in [3.63, 3.8) is 0 Å². The highest BCUT2D eigenvalue weighted by atomic mass is 16.2. The maximum Gasteiger partial charge on any atom is 0.227 e. The topological polar surface area (TPSA) is 99.2 Å². The number of nitrogens with one attached hydrogen (secondary N) is 1. The first-order valence-electron chi connectivity index (χ1n) is 7.74. The van der Waals surface area contributed by atoms with Crippen molar-refractivity contribution in [2.24, 2.45) is 11.1 Å². The largest absolute Gasteiger partial charge is 0.370 e. The molecule has 0 aliphatic carbocycles. The highest BCUT2D eigenvalue weighted by molar-refractivity contribution is 5.85. The smallest absolute Gasteiger partial charge is 0.227 e. The molecular weight excluding hydrogens is 280 g/mol. The summed E-state index contributed by atoms with van der Waals surface area (Å²) in [6.07, 6.45) is 4.49. The van der Waals surface area contributed by atoms with Crippen LogP contribution in [-0.4, -0.2) is 42.4 Å². The Bertz CT molecular complexity index is 448. The Kier molecular flexibility index (Phi) is 6.36. The van der Waals surface area contributed by atoms with Crippen molar-refractivity contribution in [3.8, 4) is 6.07 Å². The second kappa shape index (κ2) is 7.59. The predicted octanol–water partition coefficient (Wildman–Crippen LogP) is 0.977. The quantitative estimate of drug-likeness (QED) is 0.732. The Hall–Kier alpha value is -1.61. The van der Waals surface area contributed by atoms with E-state index in [-0.39, 0.29) is 17.2 Å². The number of rotatable bonds is 7. The molecule has 1 rings (SSSR count). The van der Waals surface area contributed by atoms with Crippen LogP contribution < -0.4 is 11.1 Å². The van der Waals surface area contributed by atoms with Crippen molar-refractivity contribution in [1.29, 1.82) is 5.26 Å². The molecule has 1 fully saturated rings. The number of carbonyl (C=O) groups excluding carboxylic acids is 2. The van der Waals surface area contributed by atoms with Gasteiger partial charge in [0.05, 0.1) is 6.07 Å². The molecule has 2 amide bonds. The zero-order valence-electron chi connectivity index (χ0n) is 13.8. The summed E-state index contributed by atoms with van der Waals surface area (Å²) >= 11 is 0. The molecule has 0 bridgehead atoms. The molecular formula is C16H27N4O2. The third-order valence-corrected chi connectivity index (χ3v) is 4.40. The molecule has 0 aromatic heterocycles. The van der Waals surface area contributed by atoms with Gasteiger partial charge in [-0.3, -0.25) is 9.59 Å². The minimum Gasteiger partial charge on any atom is -0.370 e. The molecule has 22 heavy (non-hydrogen) atoms. The number of carbonyl (C=O) groups is 2. The number of primary amides is 1. The van der Waals surface area contributed by atoms with Gasteiger partial charge in [-0.25, -0.2) is 0 Å². The Morgan fingerprint density at radius 1 is 1.41 bits per heavy atom. The molecule has 0 spiro atoms. The van der Waals surface area contributed by atoms with Crippen LogP contribution in [0.2, 0.25) is 0 Å². The molecule has 1 aliphatic rings. The molecule has 123 valence electrons. The third-order valence-electron chi connectivity index (χ3n) is 4.40. The summed E-state index contributed by atoms with van der Waals surface area (Å²) in [6.45, 7) is 5.42. The Morgan fingerprint density at radius 3 is 2.50 bits per heavy atom. The van der Waals surface area contributed by atoms with E-state index in [0.717, 1.165) is 13.1 Å². The first-order valence-corrected chi connectivity index (χ1v) is 7.74. The van der Waals surface area contributed by atoms with Crippen LogP contribution in [0.4, 0.5) is 0 Å². The van der Waals surface area contributed by atoms with Crippen molar-refractivity contribution in [1.82, 2.24) is 10.2 Å². The van der Waals surface area contributed by atoms with Crippen LogP contribution in [0.15, 0.2) is 0 Å². The average molecular weight is 307 g/mol. The molecule has 6 nitrogen and oxygen atoms in total. The number of amides is 2. The lowest BCUT2D eigenvalue weighted by Crippen LogP contribution is -2.54. The van der Waals surface area contributed by atoms with Crippen molar-refractivity contribution in [2.75, 3.05) is 20.1 Å². The third kappa shape index (κ3) is 4.99. The van der Waals surface area contributed by atoms with E-state index < -0.39 is 5.54 Å². The fourth-order valence-electron chi connectivity index (χ4n) is 2.86. The van der Waals surface area contributed by atoms with Gasteiger partial charge in [0.2, 0.25) is 11.8 Å². The van der Waals surface area contributed by atoms with E-state index in [9.17, 15) is 14.9 Å². The van der Waals surface area contributed by atoms with Crippen LogP contribution in [-0.2, 0) is 9.59 Å². The summed E-state index contributed by atoms with van der Waals surface area (Å²) in [5.74, 6) is -0.454. The minimum absolute atomic E-state index is 0.127. The summed E-state index contributed by atoms with van der Waals surface area (Å²) in [4.78, 5) is 24.9. The van der Waals surface area contributed by atoms with E-state index in [1.54, 1.807) is 18.4 Å². The molecule has 0 atom stereocenters. The summed E-state index contributed by atoms with van der Waals surface area (Å²) in [5, 5.41) is 12.7. The van der Waals surface area contributed by atoms with E-state index in [1.165, 1.54) is 0 Å². The zero-order valence-corrected chi connectivity index (χ0v) is 13.8. The highest BCUT2D eigenvalue weighted by Crippen LogP contribution is 2.28. The van der Waals surface area contributed by atoms with Crippen molar-refractivity contribution in [2.45, 2.75) is 51.5 Å². The van der Waals surface area contributed by atoms with Crippen molar-refractivity contribution in [3.05, 3.63) is 6.42 Å². The second-order valence-corrected chi connectivity index (χ2v) is 6.84. The van der Waals surface area contributed by atoms with Crippen LogP contribution in [0.25, 0.3) is 0 Å². The molecule has 6 heteroatoms. The standard InChI is InChI=1S/C16H27N4O2/c1-15(2,11-13(18)21)6-4-5-14(22)20(3)16(12-17)7-9-19-10-8-16/h5,19H,4,6-11H2,1-3H3,(H2,18,21). The lowest BCUT2D eigenvalue weighted by molar-refractivity contribution is -0.131. The van der Waals surface area contributed by atoms with E-state index in [1.807, 2.05) is 13.8 Å². The fourth-order valence-corrected chi connectivity index (χ4v) is 2.86. The Morgan fingerprint density at radius 2 is 2.00 bits per heavy atom. The van der Waals surface area contributed by atoms with Gasteiger partial charge in [-0.1, -0.05) is 13.8 Å². The molecule has 0 saturated carbocycles. The van der Waals surface area contributed by atoms with Gasteiger partial charge in [-0.05, 0) is 44.2 Å². The van der Waals surface area contributed by atoms with Crippen LogP contribution >= 0.6 is 0 Å². The van der Waals surface area contributed by atoms with Crippen LogP contribution in [0, 0.1) is 23.2 Å². The van der Waals surface area contributed by atoms with E-state index in [2.05, 4.69) is 11.4 Å². The first kappa shape index (κ1) is 18.4. The van der Waals surface area contributed by atoms with E-state index in [4.69, 9.17) is 5.73 Å². The summed E-state index contributed by atoms with van der Waals surface area (Å²) < 4.78 is 0. The minimum atomic E-state index is -0.707. The second-order valence-electron chi connectivity index (χ2n) is 6.84. The molecule has 1 heterocycles. The van der Waals surface area contributed by atoms with E-state index >= 15 is 0 Å². The summed E-state index contributed by atoms with van der Waals surface area (Å²) in [7, 11) is 1.70. The highest BCUT2D eigenvalue weighted by Gasteiger charge is 2.38. The summed E-state index contributed by atoms with van der Waals surface area (Å²) in [5.41, 5.74) is 4.30. The molecule has 0 aromatic rings. The molecule has 1 radical (unpaired) electrons. The number of nitriles is 1. The number of nitrogens with two attached hydrogens (primary N) is 1. The maximum absolute atomic E-state index is 12.3. The van der Waals surface area contributed by atoms with Crippen molar-refractivity contribution < 1.29 is 9.59 Å². The van der Waals surface area contributed by atoms with Gasteiger partial charge in [-0.15, -0.1) is 0 Å². The molecule has 1 aliphatic heterocycles. The molecule has 0 aromatic carbocycles. The number of hydrogen-bond acceptors (Lipinski definition) is 4. The molecule has 3 N–H and O–H groups in total. The summed E-state index contributed by atoms with van der Waals surface area (Å²) in [6, 6.07) is 2.31. The number of nitrogens with zero attached hydrogens (tertiary/aromatic N) is 2. The zero-order chi connectivity index (χ0) is 16.8. The van der Waals surface area contributed by atoms with Gasteiger partial charge in [0, 0.05) is 19.9 Å². The Labute approximate surface area is 133 Å². The van der Waals surface area contributed by atoms with Gasteiger partial charge in [0.15, 0.2) is 0 Å². The predicted molar refractivity (Wildman–Crippen MR) is 84.3 cm³/mol. The fraction of sp³-hybridized carbons (Fsp3) is 0.750. The molecule has 1 saturated heterocycles. The normalized spacial score (nSPS) is 17.5. The molecule has 0 unspecified atom stereocenters.